The lowest BCUT2D eigenvalue weighted by Crippen LogP contribution is -2.35. The van der Waals surface area contributed by atoms with Gasteiger partial charge in [-0.25, -0.2) is 13.1 Å². The highest BCUT2D eigenvalue weighted by Crippen LogP contribution is 2.24. The Balaban J connectivity index is 2.05. The Hall–Kier alpha value is -0.630. The zero-order valence-electron chi connectivity index (χ0n) is 10.4. The molecule has 0 saturated carbocycles. The van der Waals surface area contributed by atoms with E-state index in [1.165, 1.54) is 6.07 Å². The topological polar surface area (TPSA) is 81.4 Å². The normalized spacial score (nSPS) is 20.4. The van der Waals surface area contributed by atoms with E-state index in [9.17, 15) is 8.42 Å². The molecule has 0 spiro atoms. The van der Waals surface area contributed by atoms with Gasteiger partial charge in [0.15, 0.2) is 0 Å². The number of hydrogen-bond donors (Lipinski definition) is 2. The number of nitrogen functional groups attached to an aromatic ring is 1. The number of rotatable bonds is 4. The third kappa shape index (κ3) is 3.92. The molecule has 1 aliphatic heterocycles. The summed E-state index contributed by atoms with van der Waals surface area (Å²) in [4.78, 5) is 0.192. The first-order valence-corrected chi connectivity index (χ1v) is 8.43. The number of anilines is 1. The standard InChI is InChI=1S/C12H17BrN2O3S/c13-11-7-9(14)4-5-12(11)19(16,17)15-8-10-3-1-2-6-18-10/h4-5,7,10,15H,1-3,6,8,14H2. The van der Waals surface area contributed by atoms with Gasteiger partial charge < -0.3 is 10.5 Å². The van der Waals surface area contributed by atoms with Crippen molar-refractivity contribution in [2.75, 3.05) is 18.9 Å². The zero-order valence-corrected chi connectivity index (χ0v) is 12.8. The minimum absolute atomic E-state index is 0.0314. The first kappa shape index (κ1) is 14.8. The Kier molecular flexibility index (Phi) is 4.83. The van der Waals surface area contributed by atoms with E-state index in [0.29, 0.717) is 23.3 Å². The first-order chi connectivity index (χ1) is 8.99. The van der Waals surface area contributed by atoms with Crippen LogP contribution in [-0.2, 0) is 14.8 Å². The molecule has 1 aliphatic rings. The van der Waals surface area contributed by atoms with Crippen LogP contribution in [0.15, 0.2) is 27.6 Å². The van der Waals surface area contributed by atoms with Crippen LogP contribution in [-0.4, -0.2) is 27.7 Å². The maximum Gasteiger partial charge on any atom is 0.241 e. The summed E-state index contributed by atoms with van der Waals surface area (Å²) >= 11 is 3.22. The highest BCUT2D eigenvalue weighted by molar-refractivity contribution is 9.10. The second-order valence-corrected chi connectivity index (χ2v) is 7.12. The third-order valence-electron chi connectivity index (χ3n) is 3.02. The van der Waals surface area contributed by atoms with Crippen molar-refractivity contribution >= 4 is 31.6 Å². The molecule has 5 nitrogen and oxygen atoms in total. The quantitative estimate of drug-likeness (QED) is 0.814. The predicted molar refractivity (Wildman–Crippen MR) is 77.3 cm³/mol. The highest BCUT2D eigenvalue weighted by Gasteiger charge is 2.21. The van der Waals surface area contributed by atoms with Gasteiger partial charge in [-0.2, -0.15) is 0 Å². The van der Waals surface area contributed by atoms with Gasteiger partial charge >= 0.3 is 0 Å². The van der Waals surface area contributed by atoms with E-state index < -0.39 is 10.0 Å². The molecule has 0 amide bonds. The van der Waals surface area contributed by atoms with E-state index in [0.717, 1.165) is 19.3 Å². The Morgan fingerprint density at radius 3 is 2.84 bits per heavy atom. The minimum Gasteiger partial charge on any atom is -0.399 e. The molecule has 1 aromatic rings. The van der Waals surface area contributed by atoms with Crippen LogP contribution in [0.4, 0.5) is 5.69 Å². The fraction of sp³-hybridized carbons (Fsp3) is 0.500. The number of ether oxygens (including phenoxy) is 1. The molecule has 19 heavy (non-hydrogen) atoms. The van der Waals surface area contributed by atoms with Gasteiger partial charge in [-0.1, -0.05) is 0 Å². The van der Waals surface area contributed by atoms with Crippen LogP contribution in [0.5, 0.6) is 0 Å². The highest BCUT2D eigenvalue weighted by atomic mass is 79.9. The minimum atomic E-state index is -3.54. The van der Waals surface area contributed by atoms with Gasteiger partial charge in [-0.3, -0.25) is 0 Å². The number of halogens is 1. The van der Waals surface area contributed by atoms with E-state index in [1.54, 1.807) is 12.1 Å². The summed E-state index contributed by atoms with van der Waals surface area (Å²) in [7, 11) is -3.54. The summed E-state index contributed by atoms with van der Waals surface area (Å²) in [5.41, 5.74) is 6.11. The van der Waals surface area contributed by atoms with Gasteiger partial charge in [0.2, 0.25) is 10.0 Å². The van der Waals surface area contributed by atoms with Gasteiger partial charge in [-0.15, -0.1) is 0 Å². The van der Waals surface area contributed by atoms with Crippen molar-refractivity contribution in [1.82, 2.24) is 4.72 Å². The molecule has 0 aliphatic carbocycles. The Labute approximate surface area is 121 Å². The lowest BCUT2D eigenvalue weighted by Gasteiger charge is -2.22. The summed E-state index contributed by atoms with van der Waals surface area (Å²) in [5, 5.41) is 0. The largest absolute Gasteiger partial charge is 0.399 e. The molecular formula is C12H17BrN2O3S. The van der Waals surface area contributed by atoms with Crippen LogP contribution in [0.2, 0.25) is 0 Å². The number of benzene rings is 1. The van der Waals surface area contributed by atoms with E-state index >= 15 is 0 Å². The molecule has 1 aromatic carbocycles. The van der Waals surface area contributed by atoms with Crippen LogP contribution < -0.4 is 10.5 Å². The predicted octanol–water partition coefficient (Wildman–Crippen LogP) is 1.88. The van der Waals surface area contributed by atoms with E-state index in [2.05, 4.69) is 20.7 Å². The van der Waals surface area contributed by atoms with E-state index in [1.807, 2.05) is 0 Å². The average Bonchev–Trinajstić information content (AvgIpc) is 2.37. The molecule has 1 fully saturated rings. The maximum absolute atomic E-state index is 12.2. The third-order valence-corrected chi connectivity index (χ3v) is 5.42. The molecule has 2 rings (SSSR count). The second-order valence-electron chi connectivity index (χ2n) is 4.53. The van der Waals surface area contributed by atoms with Crippen LogP contribution in [0.1, 0.15) is 19.3 Å². The molecule has 1 heterocycles. The van der Waals surface area contributed by atoms with E-state index in [4.69, 9.17) is 10.5 Å². The van der Waals surface area contributed by atoms with Crippen molar-refractivity contribution in [3.8, 4) is 0 Å². The maximum atomic E-state index is 12.2. The van der Waals surface area contributed by atoms with Crippen LogP contribution in [0, 0.1) is 0 Å². The average molecular weight is 349 g/mol. The van der Waals surface area contributed by atoms with Crippen molar-refractivity contribution in [2.24, 2.45) is 0 Å². The van der Waals surface area contributed by atoms with Crippen molar-refractivity contribution < 1.29 is 13.2 Å². The molecule has 1 unspecified atom stereocenters. The fourth-order valence-corrected chi connectivity index (χ4v) is 4.14. The summed E-state index contributed by atoms with van der Waals surface area (Å²) in [5.74, 6) is 0. The van der Waals surface area contributed by atoms with Crippen molar-refractivity contribution in [3.05, 3.63) is 22.7 Å². The van der Waals surface area contributed by atoms with Crippen LogP contribution >= 0.6 is 15.9 Å². The second kappa shape index (κ2) is 6.21. The number of sulfonamides is 1. The van der Waals surface area contributed by atoms with Gasteiger partial charge in [0.25, 0.3) is 0 Å². The Bertz CT molecular complexity index is 542. The molecule has 3 N–H and O–H groups in total. The zero-order chi connectivity index (χ0) is 13.9. The molecule has 0 radical (unpaired) electrons. The molecule has 106 valence electrons. The molecule has 1 saturated heterocycles. The summed E-state index contributed by atoms with van der Waals surface area (Å²) in [6.45, 7) is 1.01. The fourth-order valence-electron chi connectivity index (χ4n) is 1.98. The van der Waals surface area contributed by atoms with Gasteiger partial charge in [-0.05, 0) is 53.4 Å². The van der Waals surface area contributed by atoms with Crippen molar-refractivity contribution in [1.29, 1.82) is 0 Å². The molecular weight excluding hydrogens is 332 g/mol. The van der Waals surface area contributed by atoms with Gasteiger partial charge in [0, 0.05) is 23.3 Å². The molecule has 7 heteroatoms. The number of nitrogens with one attached hydrogen (secondary N) is 1. The Morgan fingerprint density at radius 1 is 1.42 bits per heavy atom. The smallest absolute Gasteiger partial charge is 0.241 e. The van der Waals surface area contributed by atoms with Gasteiger partial charge in [0.1, 0.15) is 0 Å². The van der Waals surface area contributed by atoms with Crippen LogP contribution in [0.3, 0.4) is 0 Å². The SMILES string of the molecule is Nc1ccc(S(=O)(=O)NCC2CCCCO2)c(Br)c1. The van der Waals surface area contributed by atoms with Crippen molar-refractivity contribution in [2.45, 2.75) is 30.3 Å². The Morgan fingerprint density at radius 2 is 2.21 bits per heavy atom. The first-order valence-electron chi connectivity index (χ1n) is 6.15. The summed E-state index contributed by atoms with van der Waals surface area (Å²) < 4.78 is 32.9. The lowest BCUT2D eigenvalue weighted by atomic mass is 10.1. The molecule has 0 bridgehead atoms. The van der Waals surface area contributed by atoms with Gasteiger partial charge in [0.05, 0.1) is 11.0 Å². The lowest BCUT2D eigenvalue weighted by molar-refractivity contribution is 0.0200. The summed E-state index contributed by atoms with van der Waals surface area (Å²) in [6.07, 6.45) is 2.99. The molecule has 1 atom stereocenters. The summed E-state index contributed by atoms with van der Waals surface area (Å²) in [6, 6.07) is 4.63. The van der Waals surface area contributed by atoms with Crippen molar-refractivity contribution in [3.63, 3.8) is 0 Å². The number of hydrogen-bond acceptors (Lipinski definition) is 4. The monoisotopic (exact) mass is 348 g/mol. The number of nitrogens with two attached hydrogens (primary N) is 1. The molecule has 0 aromatic heterocycles. The van der Waals surface area contributed by atoms with Crippen LogP contribution in [0.25, 0.3) is 0 Å². The van der Waals surface area contributed by atoms with E-state index in [-0.39, 0.29) is 11.0 Å².